The van der Waals surface area contributed by atoms with E-state index in [-0.39, 0.29) is 5.78 Å². The first-order valence-electron chi connectivity index (χ1n) is 5.82. The molecule has 1 atom stereocenters. The van der Waals surface area contributed by atoms with E-state index in [2.05, 4.69) is 13.8 Å². The molecule has 0 amide bonds. The fraction of sp³-hybridized carbons (Fsp3) is 0.500. The highest BCUT2D eigenvalue weighted by atomic mass is 16.1. The van der Waals surface area contributed by atoms with Crippen LogP contribution in [0, 0.1) is 5.92 Å². The monoisotopic (exact) mass is 204 g/mol. The van der Waals surface area contributed by atoms with Crippen LogP contribution in [0.4, 0.5) is 0 Å². The molecule has 0 unspecified atom stereocenters. The van der Waals surface area contributed by atoms with E-state index in [4.69, 9.17) is 0 Å². The number of hydrogen-bond acceptors (Lipinski definition) is 1. The minimum absolute atomic E-state index is 0.277. The number of Topliss-reactive ketones (excluding diaryl/α,β-unsaturated/α-hetero) is 1. The van der Waals surface area contributed by atoms with Gasteiger partial charge in [0.25, 0.3) is 0 Å². The van der Waals surface area contributed by atoms with Crippen LogP contribution in [0.15, 0.2) is 30.3 Å². The third-order valence-electron chi connectivity index (χ3n) is 2.68. The second-order valence-corrected chi connectivity index (χ2v) is 4.24. The van der Waals surface area contributed by atoms with Crippen molar-refractivity contribution in [2.75, 3.05) is 0 Å². The smallest absolute Gasteiger partial charge is 0.163 e. The topological polar surface area (TPSA) is 17.1 Å². The summed E-state index contributed by atoms with van der Waals surface area (Å²) >= 11 is 0. The van der Waals surface area contributed by atoms with Crippen molar-refractivity contribution in [3.63, 3.8) is 0 Å². The summed E-state index contributed by atoms with van der Waals surface area (Å²) in [7, 11) is 0. The SMILES string of the molecule is CCCC[C@H](C)CC(=O)c1ccccc1. The average molecular weight is 204 g/mol. The van der Waals surface area contributed by atoms with E-state index >= 15 is 0 Å². The first-order valence-corrected chi connectivity index (χ1v) is 5.82. The number of unbranched alkanes of at least 4 members (excludes halogenated alkanes) is 1. The number of benzene rings is 1. The van der Waals surface area contributed by atoms with Crippen LogP contribution in [0.1, 0.15) is 49.9 Å². The Morgan fingerprint density at radius 3 is 2.53 bits per heavy atom. The van der Waals surface area contributed by atoms with Crippen LogP contribution in [-0.2, 0) is 0 Å². The minimum atomic E-state index is 0.277. The number of ketones is 1. The Kier molecular flexibility index (Phi) is 5.09. The van der Waals surface area contributed by atoms with Crippen molar-refractivity contribution in [1.29, 1.82) is 0 Å². The lowest BCUT2D eigenvalue weighted by atomic mass is 9.95. The highest BCUT2D eigenvalue weighted by Crippen LogP contribution is 2.15. The van der Waals surface area contributed by atoms with Gasteiger partial charge in [0.2, 0.25) is 0 Å². The number of carbonyl (C=O) groups excluding carboxylic acids is 1. The Hall–Kier alpha value is -1.11. The maximum Gasteiger partial charge on any atom is 0.163 e. The van der Waals surface area contributed by atoms with Gasteiger partial charge in [-0.2, -0.15) is 0 Å². The Labute approximate surface area is 92.5 Å². The summed E-state index contributed by atoms with van der Waals surface area (Å²) in [5.74, 6) is 0.789. The third kappa shape index (κ3) is 4.28. The summed E-state index contributed by atoms with van der Waals surface area (Å²) in [4.78, 5) is 11.8. The second-order valence-electron chi connectivity index (χ2n) is 4.24. The number of carbonyl (C=O) groups is 1. The van der Waals surface area contributed by atoms with Crippen molar-refractivity contribution in [2.45, 2.75) is 39.5 Å². The summed E-state index contributed by atoms with van der Waals surface area (Å²) in [6.45, 7) is 4.35. The molecule has 1 aromatic carbocycles. The molecule has 0 aliphatic carbocycles. The highest BCUT2D eigenvalue weighted by Gasteiger charge is 2.10. The van der Waals surface area contributed by atoms with Gasteiger partial charge in [0.15, 0.2) is 5.78 Å². The predicted octanol–water partition coefficient (Wildman–Crippen LogP) is 4.09. The average Bonchev–Trinajstić information content (AvgIpc) is 2.27. The fourth-order valence-corrected chi connectivity index (χ4v) is 1.71. The largest absolute Gasteiger partial charge is 0.294 e. The Morgan fingerprint density at radius 1 is 1.27 bits per heavy atom. The molecule has 0 saturated carbocycles. The van der Waals surface area contributed by atoms with Crippen molar-refractivity contribution in [1.82, 2.24) is 0 Å². The van der Waals surface area contributed by atoms with Crippen LogP contribution in [0.3, 0.4) is 0 Å². The molecule has 0 saturated heterocycles. The molecule has 0 N–H and O–H groups in total. The molecule has 0 heterocycles. The first-order chi connectivity index (χ1) is 7.24. The molecule has 15 heavy (non-hydrogen) atoms. The van der Waals surface area contributed by atoms with Gasteiger partial charge in [0, 0.05) is 12.0 Å². The summed E-state index contributed by atoms with van der Waals surface area (Å²) in [5.41, 5.74) is 0.848. The van der Waals surface area contributed by atoms with Gasteiger partial charge in [0.05, 0.1) is 0 Å². The molecule has 0 radical (unpaired) electrons. The van der Waals surface area contributed by atoms with Gasteiger partial charge in [-0.25, -0.2) is 0 Å². The molecule has 0 bridgehead atoms. The molecule has 1 nitrogen and oxygen atoms in total. The van der Waals surface area contributed by atoms with Crippen molar-refractivity contribution < 1.29 is 4.79 Å². The summed E-state index contributed by atoms with van der Waals surface area (Å²) in [5, 5.41) is 0. The van der Waals surface area contributed by atoms with E-state index in [1.807, 2.05) is 30.3 Å². The van der Waals surface area contributed by atoms with Gasteiger partial charge in [-0.05, 0) is 5.92 Å². The number of rotatable bonds is 6. The molecule has 1 rings (SSSR count). The van der Waals surface area contributed by atoms with E-state index in [0.29, 0.717) is 12.3 Å². The van der Waals surface area contributed by atoms with Crippen molar-refractivity contribution in [2.24, 2.45) is 5.92 Å². The van der Waals surface area contributed by atoms with E-state index in [1.54, 1.807) is 0 Å². The van der Waals surface area contributed by atoms with E-state index in [0.717, 1.165) is 12.0 Å². The van der Waals surface area contributed by atoms with E-state index in [9.17, 15) is 4.79 Å². The molecule has 0 fully saturated rings. The standard InChI is InChI=1S/C14H20O/c1-3-4-8-12(2)11-14(15)13-9-6-5-7-10-13/h5-7,9-10,12H,3-4,8,11H2,1-2H3/t12-/m0/s1. The molecular formula is C14H20O. The van der Waals surface area contributed by atoms with Crippen LogP contribution in [0.5, 0.6) is 0 Å². The normalized spacial score (nSPS) is 12.4. The molecule has 1 heteroatoms. The first kappa shape index (κ1) is 12.0. The predicted molar refractivity (Wildman–Crippen MR) is 64.1 cm³/mol. The van der Waals surface area contributed by atoms with Crippen LogP contribution >= 0.6 is 0 Å². The lowest BCUT2D eigenvalue weighted by Gasteiger charge is -2.09. The Balaban J connectivity index is 2.42. The lowest BCUT2D eigenvalue weighted by molar-refractivity contribution is 0.0962. The maximum atomic E-state index is 11.8. The molecule has 0 aliphatic rings. The van der Waals surface area contributed by atoms with Crippen molar-refractivity contribution >= 4 is 5.78 Å². The van der Waals surface area contributed by atoms with Crippen LogP contribution in [0.25, 0.3) is 0 Å². The van der Waals surface area contributed by atoms with Crippen LogP contribution in [-0.4, -0.2) is 5.78 Å². The van der Waals surface area contributed by atoms with Crippen molar-refractivity contribution in [3.05, 3.63) is 35.9 Å². The van der Waals surface area contributed by atoms with Crippen LogP contribution in [0.2, 0.25) is 0 Å². The lowest BCUT2D eigenvalue weighted by Crippen LogP contribution is -2.05. The Morgan fingerprint density at radius 2 is 1.93 bits per heavy atom. The minimum Gasteiger partial charge on any atom is -0.294 e. The zero-order chi connectivity index (χ0) is 11.1. The molecule has 1 aromatic rings. The van der Waals surface area contributed by atoms with E-state index < -0.39 is 0 Å². The molecule has 82 valence electrons. The summed E-state index contributed by atoms with van der Waals surface area (Å²) < 4.78 is 0. The molecule has 0 aromatic heterocycles. The third-order valence-corrected chi connectivity index (χ3v) is 2.68. The van der Waals surface area contributed by atoms with Gasteiger partial charge in [-0.15, -0.1) is 0 Å². The van der Waals surface area contributed by atoms with Gasteiger partial charge in [-0.3, -0.25) is 4.79 Å². The zero-order valence-corrected chi connectivity index (χ0v) is 9.70. The van der Waals surface area contributed by atoms with Gasteiger partial charge in [-0.1, -0.05) is 63.4 Å². The maximum absolute atomic E-state index is 11.8. The van der Waals surface area contributed by atoms with Crippen molar-refractivity contribution in [3.8, 4) is 0 Å². The van der Waals surface area contributed by atoms with Gasteiger partial charge >= 0.3 is 0 Å². The highest BCUT2D eigenvalue weighted by molar-refractivity contribution is 5.96. The quantitative estimate of drug-likeness (QED) is 0.638. The molecule has 0 spiro atoms. The Bertz CT molecular complexity index is 289. The second kappa shape index (κ2) is 6.39. The van der Waals surface area contributed by atoms with Gasteiger partial charge in [0.1, 0.15) is 0 Å². The molecular weight excluding hydrogens is 184 g/mol. The molecule has 0 aliphatic heterocycles. The van der Waals surface area contributed by atoms with Crippen LogP contribution < -0.4 is 0 Å². The summed E-state index contributed by atoms with van der Waals surface area (Å²) in [6.07, 6.45) is 4.28. The summed E-state index contributed by atoms with van der Waals surface area (Å²) in [6, 6.07) is 9.58. The fourth-order valence-electron chi connectivity index (χ4n) is 1.71. The van der Waals surface area contributed by atoms with Gasteiger partial charge < -0.3 is 0 Å². The zero-order valence-electron chi connectivity index (χ0n) is 9.70. The number of hydrogen-bond donors (Lipinski definition) is 0. The van der Waals surface area contributed by atoms with E-state index in [1.165, 1.54) is 12.8 Å².